The van der Waals surface area contributed by atoms with Crippen LogP contribution in [0.15, 0.2) is 24.4 Å². The van der Waals surface area contributed by atoms with Gasteiger partial charge in [-0.15, -0.1) is 0 Å². The van der Waals surface area contributed by atoms with E-state index in [0.717, 1.165) is 0 Å². The van der Waals surface area contributed by atoms with Crippen molar-refractivity contribution in [1.82, 2.24) is 9.78 Å². The number of hydrogen-bond donors (Lipinski definition) is 1. The Kier molecular flexibility index (Phi) is 3.09. The van der Waals surface area contributed by atoms with Crippen LogP contribution in [0.5, 0.6) is 0 Å². The van der Waals surface area contributed by atoms with Gasteiger partial charge < -0.3 is 5.73 Å². The summed E-state index contributed by atoms with van der Waals surface area (Å²) < 4.78 is 1.43. The van der Waals surface area contributed by atoms with Crippen molar-refractivity contribution in [3.05, 3.63) is 45.7 Å². The number of anilines is 1. The van der Waals surface area contributed by atoms with Crippen LogP contribution < -0.4 is 5.73 Å². The number of aromatic nitrogens is 2. The number of rotatable bonds is 2. The second kappa shape index (κ2) is 4.39. The molecule has 0 saturated carbocycles. The molecule has 88 valence electrons. The van der Waals surface area contributed by atoms with Crippen LogP contribution >= 0.6 is 23.2 Å². The Labute approximate surface area is 108 Å². The normalized spacial score (nSPS) is 10.5. The molecule has 2 rings (SSSR count). The van der Waals surface area contributed by atoms with Gasteiger partial charge in [0, 0.05) is 12.6 Å². The highest BCUT2D eigenvalue weighted by atomic mass is 35.5. The summed E-state index contributed by atoms with van der Waals surface area (Å²) >= 11 is 11.8. The third-order valence-electron chi connectivity index (χ3n) is 2.37. The highest BCUT2D eigenvalue weighted by molar-refractivity contribution is 6.35. The lowest BCUT2D eigenvalue weighted by Crippen LogP contribution is -2.09. The molecule has 4 nitrogen and oxygen atoms in total. The largest absolute Gasteiger partial charge is 0.398 e. The molecule has 2 N–H and O–H groups in total. The Bertz CT molecular complexity index is 573. The fraction of sp³-hybridized carbons (Fsp3) is 0.0909. The fourth-order valence-corrected chi connectivity index (χ4v) is 1.90. The van der Waals surface area contributed by atoms with Crippen molar-refractivity contribution in [2.24, 2.45) is 7.05 Å². The van der Waals surface area contributed by atoms with Gasteiger partial charge in [-0.2, -0.15) is 5.10 Å². The van der Waals surface area contributed by atoms with Crippen LogP contribution in [-0.2, 0) is 7.05 Å². The van der Waals surface area contributed by atoms with Crippen LogP contribution in [0.25, 0.3) is 0 Å². The standard InChI is InChI=1S/C11H9Cl2N3O/c1-16-10(8(13)5-15-16)11(17)6-2-3-9(14)7(12)4-6/h2-5H,14H2,1H3. The molecule has 1 aromatic heterocycles. The molecule has 0 spiro atoms. The number of hydrogen-bond acceptors (Lipinski definition) is 3. The second-order valence-corrected chi connectivity index (χ2v) is 4.34. The van der Waals surface area contributed by atoms with Gasteiger partial charge in [-0.25, -0.2) is 0 Å². The van der Waals surface area contributed by atoms with Crippen LogP contribution in [0.1, 0.15) is 16.1 Å². The maximum atomic E-state index is 12.2. The van der Waals surface area contributed by atoms with E-state index in [1.54, 1.807) is 19.2 Å². The second-order valence-electron chi connectivity index (χ2n) is 3.53. The molecule has 0 saturated heterocycles. The van der Waals surface area contributed by atoms with Crippen LogP contribution in [0.4, 0.5) is 5.69 Å². The Morgan fingerprint density at radius 1 is 1.35 bits per heavy atom. The van der Waals surface area contributed by atoms with Crippen molar-refractivity contribution in [2.75, 3.05) is 5.73 Å². The molecule has 6 heteroatoms. The molecular formula is C11H9Cl2N3O. The zero-order valence-corrected chi connectivity index (χ0v) is 10.5. The number of benzene rings is 1. The van der Waals surface area contributed by atoms with Crippen LogP contribution in [0.3, 0.4) is 0 Å². The van der Waals surface area contributed by atoms with E-state index in [2.05, 4.69) is 5.10 Å². The van der Waals surface area contributed by atoms with E-state index < -0.39 is 0 Å². The van der Waals surface area contributed by atoms with Crippen molar-refractivity contribution < 1.29 is 4.79 Å². The Hall–Kier alpha value is -1.52. The number of nitrogens with two attached hydrogens (primary N) is 1. The average molecular weight is 270 g/mol. The van der Waals surface area contributed by atoms with Crippen molar-refractivity contribution in [3.63, 3.8) is 0 Å². The van der Waals surface area contributed by atoms with Crippen LogP contribution in [0, 0.1) is 0 Å². The quantitative estimate of drug-likeness (QED) is 0.673. The summed E-state index contributed by atoms with van der Waals surface area (Å²) in [5, 5.41) is 4.56. The molecule has 0 fully saturated rings. The predicted octanol–water partition coefficient (Wildman–Crippen LogP) is 2.54. The monoisotopic (exact) mass is 269 g/mol. The van der Waals surface area contributed by atoms with E-state index in [1.165, 1.54) is 16.9 Å². The number of halogens is 2. The molecule has 1 aromatic carbocycles. The minimum absolute atomic E-state index is 0.239. The molecule has 0 aliphatic heterocycles. The number of nitrogen functional groups attached to an aromatic ring is 1. The van der Waals surface area contributed by atoms with Gasteiger partial charge in [0.1, 0.15) is 5.69 Å². The Morgan fingerprint density at radius 2 is 2.06 bits per heavy atom. The SMILES string of the molecule is Cn1ncc(Cl)c1C(=O)c1ccc(N)c(Cl)c1. The van der Waals surface area contributed by atoms with E-state index in [9.17, 15) is 4.79 Å². The first-order chi connectivity index (χ1) is 8.00. The zero-order chi connectivity index (χ0) is 12.6. The minimum atomic E-state index is -0.239. The molecule has 0 bridgehead atoms. The lowest BCUT2D eigenvalue weighted by Gasteiger charge is -2.04. The lowest BCUT2D eigenvalue weighted by molar-refractivity contribution is 0.103. The van der Waals surface area contributed by atoms with Gasteiger partial charge in [-0.05, 0) is 18.2 Å². The lowest BCUT2D eigenvalue weighted by atomic mass is 10.1. The molecule has 0 aliphatic rings. The molecule has 0 amide bonds. The minimum Gasteiger partial charge on any atom is -0.398 e. The molecule has 17 heavy (non-hydrogen) atoms. The summed E-state index contributed by atoms with van der Waals surface area (Å²) in [5.74, 6) is -0.239. The smallest absolute Gasteiger partial charge is 0.212 e. The Morgan fingerprint density at radius 3 is 2.59 bits per heavy atom. The van der Waals surface area contributed by atoms with Crippen molar-refractivity contribution in [3.8, 4) is 0 Å². The number of ketones is 1. The van der Waals surface area contributed by atoms with E-state index >= 15 is 0 Å². The summed E-state index contributed by atoms with van der Waals surface area (Å²) in [5.41, 5.74) is 6.76. The highest BCUT2D eigenvalue weighted by Crippen LogP contribution is 2.23. The maximum Gasteiger partial charge on any atom is 0.212 e. The number of carbonyl (C=O) groups is 1. The summed E-state index contributed by atoms with van der Waals surface area (Å²) in [6, 6.07) is 4.70. The van der Waals surface area contributed by atoms with Gasteiger partial charge in [0.15, 0.2) is 0 Å². The Balaban J connectivity index is 2.48. The molecule has 2 aromatic rings. The molecule has 0 radical (unpaired) electrons. The molecular weight excluding hydrogens is 261 g/mol. The number of carbonyl (C=O) groups excluding carboxylic acids is 1. The summed E-state index contributed by atoms with van der Waals surface area (Å²) in [7, 11) is 1.65. The number of nitrogens with zero attached hydrogens (tertiary/aromatic N) is 2. The van der Waals surface area contributed by atoms with E-state index in [-0.39, 0.29) is 5.78 Å². The van der Waals surface area contributed by atoms with Gasteiger partial charge >= 0.3 is 0 Å². The van der Waals surface area contributed by atoms with E-state index in [0.29, 0.717) is 27.0 Å². The van der Waals surface area contributed by atoms with Gasteiger partial charge in [-0.3, -0.25) is 9.48 Å². The topological polar surface area (TPSA) is 60.9 Å². The summed E-state index contributed by atoms with van der Waals surface area (Å²) in [4.78, 5) is 12.2. The molecule has 0 unspecified atom stereocenters. The van der Waals surface area contributed by atoms with Gasteiger partial charge in [0.25, 0.3) is 0 Å². The average Bonchev–Trinajstić information content (AvgIpc) is 2.62. The van der Waals surface area contributed by atoms with Crippen LogP contribution in [-0.4, -0.2) is 15.6 Å². The van der Waals surface area contributed by atoms with E-state index in [4.69, 9.17) is 28.9 Å². The molecule has 0 atom stereocenters. The highest BCUT2D eigenvalue weighted by Gasteiger charge is 2.18. The van der Waals surface area contributed by atoms with Crippen molar-refractivity contribution in [1.29, 1.82) is 0 Å². The zero-order valence-electron chi connectivity index (χ0n) is 8.95. The van der Waals surface area contributed by atoms with Crippen molar-refractivity contribution >= 4 is 34.7 Å². The molecule has 1 heterocycles. The van der Waals surface area contributed by atoms with E-state index in [1.807, 2.05) is 0 Å². The van der Waals surface area contributed by atoms with Gasteiger partial charge in [0.05, 0.1) is 21.9 Å². The van der Waals surface area contributed by atoms with Crippen LogP contribution in [0.2, 0.25) is 10.0 Å². The first-order valence-electron chi connectivity index (χ1n) is 4.78. The third-order valence-corrected chi connectivity index (χ3v) is 2.98. The van der Waals surface area contributed by atoms with Gasteiger partial charge in [-0.1, -0.05) is 23.2 Å². The number of aryl methyl sites for hydroxylation is 1. The van der Waals surface area contributed by atoms with Gasteiger partial charge in [0.2, 0.25) is 5.78 Å². The molecule has 0 aliphatic carbocycles. The maximum absolute atomic E-state index is 12.2. The predicted molar refractivity (Wildman–Crippen MR) is 67.5 cm³/mol. The fourth-order valence-electron chi connectivity index (χ4n) is 1.47. The summed E-state index contributed by atoms with van der Waals surface area (Å²) in [6.07, 6.45) is 1.42. The third kappa shape index (κ3) is 2.14. The first kappa shape index (κ1) is 12.0. The van der Waals surface area contributed by atoms with Crippen molar-refractivity contribution in [2.45, 2.75) is 0 Å². The summed E-state index contributed by atoms with van der Waals surface area (Å²) in [6.45, 7) is 0. The first-order valence-corrected chi connectivity index (χ1v) is 5.53.